The molecule has 4 heteroatoms. The lowest BCUT2D eigenvalue weighted by atomic mass is 9.95. The zero-order valence-electron chi connectivity index (χ0n) is 18.3. The molecule has 0 amide bonds. The number of hydrogen-bond donors (Lipinski definition) is 0. The van der Waals surface area contributed by atoms with E-state index in [0.29, 0.717) is 19.1 Å². The molecule has 0 aliphatic heterocycles. The molecule has 0 aliphatic carbocycles. The Labute approximate surface area is 175 Å². The lowest BCUT2D eigenvalue weighted by molar-refractivity contribution is 0.215. The largest absolute Gasteiger partial charge is 0.493 e. The zero-order chi connectivity index (χ0) is 21.1. The van der Waals surface area contributed by atoms with Gasteiger partial charge in [-0.2, -0.15) is 0 Å². The van der Waals surface area contributed by atoms with E-state index in [0.717, 1.165) is 41.0 Å². The minimum absolute atomic E-state index is 0.483. The normalized spacial score (nSPS) is 12.4. The van der Waals surface area contributed by atoms with E-state index in [2.05, 4.69) is 50.2 Å². The summed E-state index contributed by atoms with van der Waals surface area (Å²) < 4.78 is 11.8. The fourth-order valence-corrected chi connectivity index (χ4v) is 3.22. The Morgan fingerprint density at radius 2 is 1.72 bits per heavy atom. The van der Waals surface area contributed by atoms with Crippen molar-refractivity contribution in [1.29, 1.82) is 0 Å². The molecule has 29 heavy (non-hydrogen) atoms. The van der Waals surface area contributed by atoms with E-state index in [1.54, 1.807) is 13.3 Å². The van der Waals surface area contributed by atoms with Gasteiger partial charge < -0.3 is 14.3 Å². The minimum Gasteiger partial charge on any atom is -0.493 e. The Balaban J connectivity index is 1.83. The number of aryl methyl sites for hydroxylation is 2. The van der Waals surface area contributed by atoms with Crippen molar-refractivity contribution >= 4 is 6.21 Å². The number of rotatable bonds is 11. The van der Waals surface area contributed by atoms with Crippen LogP contribution in [0, 0.1) is 13.8 Å². The van der Waals surface area contributed by atoms with Gasteiger partial charge in [-0.1, -0.05) is 48.5 Å². The molecule has 0 saturated heterocycles. The molecule has 0 heterocycles. The van der Waals surface area contributed by atoms with E-state index in [4.69, 9.17) is 14.3 Å². The van der Waals surface area contributed by atoms with Gasteiger partial charge in [0.05, 0.1) is 12.8 Å². The van der Waals surface area contributed by atoms with Crippen LogP contribution in [0.25, 0.3) is 0 Å². The highest BCUT2D eigenvalue weighted by Gasteiger charge is 2.09. The molecule has 0 fully saturated rings. The molecule has 0 radical (unpaired) electrons. The van der Waals surface area contributed by atoms with Crippen molar-refractivity contribution in [3.63, 3.8) is 0 Å². The quantitative estimate of drug-likeness (QED) is 0.197. The summed E-state index contributed by atoms with van der Waals surface area (Å²) in [7, 11) is 1.55. The maximum absolute atomic E-state index is 6.10. The van der Waals surface area contributed by atoms with Crippen LogP contribution in [0.5, 0.6) is 11.5 Å². The molecule has 1 unspecified atom stereocenters. The third-order valence-corrected chi connectivity index (χ3v) is 4.86. The van der Waals surface area contributed by atoms with E-state index >= 15 is 0 Å². The van der Waals surface area contributed by atoms with Crippen molar-refractivity contribution in [1.82, 2.24) is 0 Å². The van der Waals surface area contributed by atoms with Gasteiger partial charge in [-0.05, 0) is 73.9 Å². The summed E-state index contributed by atoms with van der Waals surface area (Å²) >= 11 is 0. The summed E-state index contributed by atoms with van der Waals surface area (Å²) in [5.74, 6) is 2.34. The minimum atomic E-state index is 0.483. The fraction of sp³-hybridized carbons (Fsp3) is 0.400. The summed E-state index contributed by atoms with van der Waals surface area (Å²) in [4.78, 5) is 4.72. The summed E-state index contributed by atoms with van der Waals surface area (Å²) in [5, 5.41) is 3.79. The Kier molecular flexibility index (Phi) is 9.29. The summed E-state index contributed by atoms with van der Waals surface area (Å²) in [6, 6.07) is 12.5. The molecular weight excluding hydrogens is 362 g/mol. The highest BCUT2D eigenvalue weighted by molar-refractivity contribution is 5.79. The highest BCUT2D eigenvalue weighted by Crippen LogP contribution is 2.29. The standard InChI is InChI=1S/C25H33NO3/c1-6-7-14-28-24-16-20(3)25(21(4)17-24)29-15-8-9-19(2)23-12-10-22(11-13-23)18-26-27-5/h6-7,10-13,16-19H,8-9,14-15H2,1-5H3/b7-6+,26-18+. The molecule has 2 aromatic rings. The zero-order valence-corrected chi connectivity index (χ0v) is 18.3. The van der Waals surface area contributed by atoms with Gasteiger partial charge >= 0.3 is 0 Å². The lowest BCUT2D eigenvalue weighted by Crippen LogP contribution is -2.04. The first-order valence-corrected chi connectivity index (χ1v) is 10.2. The third kappa shape index (κ3) is 7.30. The van der Waals surface area contributed by atoms with Crippen LogP contribution < -0.4 is 9.47 Å². The Hall–Kier alpha value is -2.75. The van der Waals surface area contributed by atoms with Crippen LogP contribution in [0.4, 0.5) is 0 Å². The number of allylic oxidation sites excluding steroid dienone is 1. The predicted octanol–water partition coefficient (Wildman–Crippen LogP) is 6.20. The number of oxime groups is 1. The van der Waals surface area contributed by atoms with Gasteiger partial charge in [0, 0.05) is 0 Å². The summed E-state index contributed by atoms with van der Waals surface area (Å²) in [6.45, 7) is 9.69. The van der Waals surface area contributed by atoms with Crippen molar-refractivity contribution in [2.45, 2.75) is 46.5 Å². The van der Waals surface area contributed by atoms with Gasteiger partial charge in [0.1, 0.15) is 25.2 Å². The van der Waals surface area contributed by atoms with E-state index < -0.39 is 0 Å². The van der Waals surface area contributed by atoms with Gasteiger partial charge in [-0.15, -0.1) is 0 Å². The number of hydrogen-bond acceptors (Lipinski definition) is 4. The molecule has 0 aliphatic rings. The van der Waals surface area contributed by atoms with Crippen LogP contribution in [-0.4, -0.2) is 26.5 Å². The van der Waals surface area contributed by atoms with Crippen LogP contribution in [0.2, 0.25) is 0 Å². The van der Waals surface area contributed by atoms with Crippen LogP contribution in [0.1, 0.15) is 54.9 Å². The monoisotopic (exact) mass is 395 g/mol. The second-order valence-corrected chi connectivity index (χ2v) is 7.24. The molecular formula is C25H33NO3. The third-order valence-electron chi connectivity index (χ3n) is 4.86. The summed E-state index contributed by atoms with van der Waals surface area (Å²) in [6.07, 6.45) is 7.78. The van der Waals surface area contributed by atoms with Crippen LogP contribution in [-0.2, 0) is 4.84 Å². The molecule has 2 aromatic carbocycles. The molecule has 0 spiro atoms. The first kappa shape index (κ1) is 22.5. The van der Waals surface area contributed by atoms with Gasteiger partial charge in [-0.25, -0.2) is 0 Å². The Morgan fingerprint density at radius 3 is 2.34 bits per heavy atom. The molecule has 0 N–H and O–H groups in total. The van der Waals surface area contributed by atoms with Crippen LogP contribution >= 0.6 is 0 Å². The van der Waals surface area contributed by atoms with Gasteiger partial charge in [0.2, 0.25) is 0 Å². The van der Waals surface area contributed by atoms with E-state index in [9.17, 15) is 0 Å². The maximum Gasteiger partial charge on any atom is 0.125 e. The van der Waals surface area contributed by atoms with Crippen LogP contribution in [0.3, 0.4) is 0 Å². The average molecular weight is 396 g/mol. The first-order valence-electron chi connectivity index (χ1n) is 10.2. The SMILES string of the molecule is C/C=C/COc1cc(C)c(OCCCC(C)c2ccc(/C=N/OC)cc2)c(C)c1. The highest BCUT2D eigenvalue weighted by atomic mass is 16.6. The second-order valence-electron chi connectivity index (χ2n) is 7.24. The van der Waals surface area contributed by atoms with Crippen molar-refractivity contribution < 1.29 is 14.3 Å². The topological polar surface area (TPSA) is 40.0 Å². The molecule has 1 atom stereocenters. The first-order chi connectivity index (χ1) is 14.0. The van der Waals surface area contributed by atoms with Crippen LogP contribution in [0.15, 0.2) is 53.7 Å². The van der Waals surface area contributed by atoms with Crippen molar-refractivity contribution in [2.75, 3.05) is 20.3 Å². The number of nitrogens with zero attached hydrogens (tertiary/aromatic N) is 1. The smallest absolute Gasteiger partial charge is 0.125 e. The average Bonchev–Trinajstić information content (AvgIpc) is 2.71. The van der Waals surface area contributed by atoms with Gasteiger partial charge in [-0.3, -0.25) is 0 Å². The summed E-state index contributed by atoms with van der Waals surface area (Å²) in [5.41, 5.74) is 4.59. The lowest BCUT2D eigenvalue weighted by Gasteiger charge is -2.16. The van der Waals surface area contributed by atoms with Crippen molar-refractivity contribution in [2.24, 2.45) is 5.16 Å². The molecule has 4 nitrogen and oxygen atoms in total. The van der Waals surface area contributed by atoms with E-state index in [-0.39, 0.29) is 0 Å². The van der Waals surface area contributed by atoms with E-state index in [1.165, 1.54) is 5.56 Å². The van der Waals surface area contributed by atoms with Gasteiger partial charge in [0.25, 0.3) is 0 Å². The Morgan fingerprint density at radius 1 is 1.03 bits per heavy atom. The fourth-order valence-electron chi connectivity index (χ4n) is 3.22. The van der Waals surface area contributed by atoms with Crippen molar-refractivity contribution in [3.05, 3.63) is 70.8 Å². The predicted molar refractivity (Wildman–Crippen MR) is 120 cm³/mol. The van der Waals surface area contributed by atoms with Gasteiger partial charge in [0.15, 0.2) is 0 Å². The van der Waals surface area contributed by atoms with E-state index in [1.807, 2.05) is 31.2 Å². The van der Waals surface area contributed by atoms with Crippen molar-refractivity contribution in [3.8, 4) is 11.5 Å². The molecule has 156 valence electrons. The molecule has 0 aromatic heterocycles. The Bertz CT molecular complexity index is 786. The molecule has 0 saturated carbocycles. The molecule has 0 bridgehead atoms. The molecule has 2 rings (SSSR count). The number of benzene rings is 2. The number of ether oxygens (including phenoxy) is 2. The maximum atomic E-state index is 6.10. The second kappa shape index (κ2) is 11.9.